The largest absolute Gasteiger partial charge is 0.373 e. The highest BCUT2D eigenvalue weighted by molar-refractivity contribution is 6.64. The third-order valence-electron chi connectivity index (χ3n) is 2.69. The van der Waals surface area contributed by atoms with Crippen LogP contribution in [0, 0.1) is 5.92 Å². The molecule has 72 valence electrons. The Morgan fingerprint density at radius 3 is 2.69 bits per heavy atom. The summed E-state index contributed by atoms with van der Waals surface area (Å²) in [6.45, 7) is 3.80. The van der Waals surface area contributed by atoms with Crippen molar-refractivity contribution >= 4 is 16.8 Å². The fraction of sp³-hybridized carbons (Fsp3) is 0.500. The number of hydrogen-bond donors (Lipinski definition) is 0. The summed E-state index contributed by atoms with van der Waals surface area (Å²) in [6.07, 6.45) is 5.53. The number of ether oxygens (including phenoxy) is 1. The molecular formula is C10H13ClO2. The van der Waals surface area contributed by atoms with Crippen LogP contribution in [-0.4, -0.2) is 18.0 Å². The van der Waals surface area contributed by atoms with Gasteiger partial charge in [0.25, 0.3) is 0 Å². The highest BCUT2D eigenvalue weighted by atomic mass is 35.5. The molecule has 1 aliphatic carbocycles. The van der Waals surface area contributed by atoms with Gasteiger partial charge in [-0.3, -0.25) is 4.79 Å². The fourth-order valence-corrected chi connectivity index (χ4v) is 1.77. The zero-order chi connectivity index (χ0) is 10.1. The summed E-state index contributed by atoms with van der Waals surface area (Å²) < 4.78 is 5.34. The third-order valence-corrected chi connectivity index (χ3v) is 2.93. The van der Waals surface area contributed by atoms with Crippen LogP contribution in [0.5, 0.6) is 0 Å². The summed E-state index contributed by atoms with van der Waals surface area (Å²) in [6, 6.07) is 0. The van der Waals surface area contributed by atoms with Crippen LogP contribution in [0.1, 0.15) is 13.8 Å². The van der Waals surface area contributed by atoms with Crippen molar-refractivity contribution in [3.63, 3.8) is 0 Å². The van der Waals surface area contributed by atoms with Crippen LogP contribution in [0.3, 0.4) is 0 Å². The maximum atomic E-state index is 11.1. The summed E-state index contributed by atoms with van der Waals surface area (Å²) >= 11 is 5.49. The van der Waals surface area contributed by atoms with E-state index in [1.54, 1.807) is 13.2 Å². The first-order chi connectivity index (χ1) is 6.02. The minimum atomic E-state index is -0.590. The quantitative estimate of drug-likeness (QED) is 0.640. The Morgan fingerprint density at radius 2 is 2.31 bits per heavy atom. The van der Waals surface area contributed by atoms with Gasteiger partial charge in [-0.05, 0) is 31.0 Å². The van der Waals surface area contributed by atoms with Crippen molar-refractivity contribution in [2.24, 2.45) is 5.92 Å². The summed E-state index contributed by atoms with van der Waals surface area (Å²) in [5.74, 6) is -0.385. The van der Waals surface area contributed by atoms with Gasteiger partial charge >= 0.3 is 0 Å². The van der Waals surface area contributed by atoms with Gasteiger partial charge in [-0.2, -0.15) is 0 Å². The van der Waals surface area contributed by atoms with Crippen molar-refractivity contribution in [1.82, 2.24) is 0 Å². The van der Waals surface area contributed by atoms with Crippen LogP contribution in [-0.2, 0) is 9.53 Å². The second-order valence-electron chi connectivity index (χ2n) is 3.33. The number of carbonyl (C=O) groups excluding carboxylic acids is 1. The molecule has 0 N–H and O–H groups in total. The first-order valence-corrected chi connectivity index (χ1v) is 4.50. The fourth-order valence-electron chi connectivity index (χ4n) is 1.49. The van der Waals surface area contributed by atoms with E-state index in [4.69, 9.17) is 16.3 Å². The molecule has 13 heavy (non-hydrogen) atoms. The van der Waals surface area contributed by atoms with E-state index in [1.165, 1.54) is 0 Å². The summed E-state index contributed by atoms with van der Waals surface area (Å²) in [5, 5.41) is -0.381. The van der Waals surface area contributed by atoms with E-state index in [0.717, 1.165) is 5.57 Å². The van der Waals surface area contributed by atoms with E-state index in [2.05, 4.69) is 0 Å². The number of methoxy groups -OCH3 is 1. The van der Waals surface area contributed by atoms with E-state index in [9.17, 15) is 4.79 Å². The highest BCUT2D eigenvalue weighted by Gasteiger charge is 2.39. The van der Waals surface area contributed by atoms with Gasteiger partial charge in [0.2, 0.25) is 5.24 Å². The molecule has 0 saturated heterocycles. The molecule has 0 spiro atoms. The molecule has 0 fully saturated rings. The lowest BCUT2D eigenvalue weighted by Gasteiger charge is -2.35. The lowest BCUT2D eigenvalue weighted by molar-refractivity contribution is -0.120. The maximum absolute atomic E-state index is 11.1. The van der Waals surface area contributed by atoms with Gasteiger partial charge in [0.15, 0.2) is 0 Å². The monoisotopic (exact) mass is 200 g/mol. The Hall–Kier alpha value is -0.600. The molecule has 1 rings (SSSR count). The first-order valence-electron chi connectivity index (χ1n) is 4.12. The molecule has 2 nitrogen and oxygen atoms in total. The number of halogens is 1. The second kappa shape index (κ2) is 3.64. The Morgan fingerprint density at radius 1 is 1.69 bits per heavy atom. The SMILES string of the molecule is COC1(C)C(C)=CC=CC1C(=O)Cl. The molecule has 0 aliphatic heterocycles. The van der Waals surface area contributed by atoms with Crippen molar-refractivity contribution in [3.8, 4) is 0 Å². The molecular weight excluding hydrogens is 188 g/mol. The zero-order valence-corrected chi connectivity index (χ0v) is 8.76. The molecule has 0 amide bonds. The average molecular weight is 201 g/mol. The van der Waals surface area contributed by atoms with Crippen molar-refractivity contribution in [2.45, 2.75) is 19.4 Å². The molecule has 3 heteroatoms. The highest BCUT2D eigenvalue weighted by Crippen LogP contribution is 2.34. The Kier molecular flexibility index (Phi) is 2.94. The minimum Gasteiger partial charge on any atom is -0.373 e. The Bertz CT molecular complexity index is 281. The van der Waals surface area contributed by atoms with Crippen LogP contribution in [0.15, 0.2) is 23.8 Å². The summed E-state index contributed by atoms with van der Waals surface area (Å²) in [4.78, 5) is 11.1. The van der Waals surface area contributed by atoms with E-state index in [1.807, 2.05) is 26.0 Å². The van der Waals surface area contributed by atoms with Gasteiger partial charge in [0.1, 0.15) is 5.60 Å². The van der Waals surface area contributed by atoms with Gasteiger partial charge in [0.05, 0.1) is 5.92 Å². The third kappa shape index (κ3) is 1.69. The second-order valence-corrected chi connectivity index (χ2v) is 3.70. The molecule has 0 aromatic rings. The van der Waals surface area contributed by atoms with Gasteiger partial charge < -0.3 is 4.74 Å². The smallest absolute Gasteiger partial charge is 0.231 e. The van der Waals surface area contributed by atoms with E-state index >= 15 is 0 Å². The van der Waals surface area contributed by atoms with Crippen LogP contribution in [0.25, 0.3) is 0 Å². The van der Waals surface area contributed by atoms with Gasteiger partial charge in [-0.15, -0.1) is 0 Å². The van der Waals surface area contributed by atoms with E-state index < -0.39 is 5.60 Å². The predicted octanol–water partition coefficient (Wildman–Crippen LogP) is 2.29. The lowest BCUT2D eigenvalue weighted by atomic mass is 9.80. The maximum Gasteiger partial charge on any atom is 0.231 e. The number of hydrogen-bond acceptors (Lipinski definition) is 2. The Labute approximate surface area is 83.2 Å². The van der Waals surface area contributed by atoms with Gasteiger partial charge in [-0.1, -0.05) is 18.2 Å². The standard InChI is InChI=1S/C10H13ClO2/c1-7-5-4-6-8(9(11)12)10(7,2)13-3/h4-6,8H,1-3H3. The van der Waals surface area contributed by atoms with Crippen molar-refractivity contribution in [1.29, 1.82) is 0 Å². The first kappa shape index (κ1) is 10.5. The Balaban J connectivity index is 3.06. The molecule has 0 aromatic heterocycles. The van der Waals surface area contributed by atoms with Crippen molar-refractivity contribution in [2.75, 3.05) is 7.11 Å². The molecule has 2 atom stereocenters. The van der Waals surface area contributed by atoms with Gasteiger partial charge in [-0.25, -0.2) is 0 Å². The van der Waals surface area contributed by atoms with Crippen LogP contribution in [0.4, 0.5) is 0 Å². The predicted molar refractivity (Wildman–Crippen MR) is 52.7 cm³/mol. The molecule has 0 bridgehead atoms. The van der Waals surface area contributed by atoms with Crippen LogP contribution >= 0.6 is 11.6 Å². The number of allylic oxidation sites excluding steroid dienone is 2. The minimum absolute atomic E-state index is 0.381. The van der Waals surface area contributed by atoms with Crippen LogP contribution in [0.2, 0.25) is 0 Å². The lowest BCUT2D eigenvalue weighted by Crippen LogP contribution is -2.41. The normalized spacial score (nSPS) is 32.9. The van der Waals surface area contributed by atoms with Crippen molar-refractivity contribution < 1.29 is 9.53 Å². The van der Waals surface area contributed by atoms with Crippen LogP contribution < -0.4 is 0 Å². The molecule has 0 aromatic carbocycles. The molecule has 0 radical (unpaired) electrons. The zero-order valence-electron chi connectivity index (χ0n) is 8.00. The number of carbonyl (C=O) groups is 1. The van der Waals surface area contributed by atoms with Crippen molar-refractivity contribution in [3.05, 3.63) is 23.8 Å². The molecule has 0 saturated carbocycles. The summed E-state index contributed by atoms with van der Waals surface area (Å²) in [7, 11) is 1.59. The molecule has 1 aliphatic rings. The topological polar surface area (TPSA) is 26.3 Å². The molecule has 2 unspecified atom stereocenters. The summed E-state index contributed by atoms with van der Waals surface area (Å²) in [5.41, 5.74) is 0.421. The number of rotatable bonds is 2. The van der Waals surface area contributed by atoms with Gasteiger partial charge in [0, 0.05) is 7.11 Å². The van der Waals surface area contributed by atoms with E-state index in [0.29, 0.717) is 0 Å². The van der Waals surface area contributed by atoms with E-state index in [-0.39, 0.29) is 11.2 Å². The molecule has 0 heterocycles. The average Bonchev–Trinajstić information content (AvgIpc) is 2.09.